The quantitative estimate of drug-likeness (QED) is 0.819. The number of carbonyl (C=O) groups excluding carboxylic acids is 1. The molecule has 3 N–H and O–H groups in total. The van der Waals surface area contributed by atoms with Crippen molar-refractivity contribution in [3.05, 3.63) is 20.8 Å². The van der Waals surface area contributed by atoms with Crippen molar-refractivity contribution >= 4 is 33.2 Å². The maximum absolute atomic E-state index is 11.5. The number of nitrogens with two attached hydrogens (primary N) is 1. The van der Waals surface area contributed by atoms with Gasteiger partial charge in [-0.25, -0.2) is 0 Å². The minimum atomic E-state index is 0.0666. The van der Waals surface area contributed by atoms with Gasteiger partial charge in [0.25, 0.3) is 0 Å². The van der Waals surface area contributed by atoms with Crippen LogP contribution in [0.25, 0.3) is 0 Å². The molecular formula is C14H22BrN3OS. The summed E-state index contributed by atoms with van der Waals surface area (Å²) in [6.45, 7) is 3.26. The molecule has 1 aromatic rings. The Bertz CT molecular complexity index is 438. The van der Waals surface area contributed by atoms with Gasteiger partial charge in [0.15, 0.2) is 0 Å². The Morgan fingerprint density at radius 3 is 3.10 bits per heavy atom. The Morgan fingerprint density at radius 2 is 2.40 bits per heavy atom. The summed E-state index contributed by atoms with van der Waals surface area (Å²) in [6, 6.07) is 2.63. The number of halogens is 1. The SMILES string of the molecule is NCCC(=O)NCC1CCCCN1Cc1cc(Br)cs1. The highest BCUT2D eigenvalue weighted by Gasteiger charge is 2.23. The lowest BCUT2D eigenvalue weighted by molar-refractivity contribution is -0.121. The van der Waals surface area contributed by atoms with E-state index in [9.17, 15) is 4.79 Å². The number of likely N-dealkylation sites (tertiary alicyclic amines) is 1. The number of carbonyl (C=O) groups is 1. The molecule has 1 aliphatic heterocycles. The van der Waals surface area contributed by atoms with Crippen LogP contribution in [0.3, 0.4) is 0 Å². The molecule has 0 saturated carbocycles. The van der Waals surface area contributed by atoms with Crippen LogP contribution in [0.4, 0.5) is 0 Å². The highest BCUT2D eigenvalue weighted by atomic mass is 79.9. The summed E-state index contributed by atoms with van der Waals surface area (Å²) < 4.78 is 1.15. The number of piperidine rings is 1. The van der Waals surface area contributed by atoms with Crippen molar-refractivity contribution in [3.8, 4) is 0 Å². The second-order valence-electron chi connectivity index (χ2n) is 5.19. The third kappa shape index (κ3) is 4.84. The Kier molecular flexibility index (Phi) is 6.48. The third-order valence-electron chi connectivity index (χ3n) is 3.64. The van der Waals surface area contributed by atoms with Gasteiger partial charge in [-0.3, -0.25) is 9.69 Å². The van der Waals surface area contributed by atoms with Gasteiger partial charge in [0.2, 0.25) is 5.91 Å². The lowest BCUT2D eigenvalue weighted by Gasteiger charge is -2.35. The van der Waals surface area contributed by atoms with Crippen LogP contribution >= 0.6 is 27.3 Å². The fraction of sp³-hybridized carbons (Fsp3) is 0.643. The number of thiophene rings is 1. The highest BCUT2D eigenvalue weighted by molar-refractivity contribution is 9.10. The number of nitrogens with one attached hydrogen (secondary N) is 1. The van der Waals surface area contributed by atoms with Crippen molar-refractivity contribution in [3.63, 3.8) is 0 Å². The lowest BCUT2D eigenvalue weighted by Crippen LogP contribution is -2.46. The normalized spacial score (nSPS) is 20.0. The molecule has 1 atom stereocenters. The molecule has 0 aliphatic carbocycles. The molecule has 1 fully saturated rings. The second-order valence-corrected chi connectivity index (χ2v) is 7.11. The van der Waals surface area contributed by atoms with Crippen molar-refractivity contribution in [2.45, 2.75) is 38.3 Å². The van der Waals surface area contributed by atoms with Crippen LogP contribution in [0.15, 0.2) is 15.9 Å². The summed E-state index contributed by atoms with van der Waals surface area (Å²) in [5.74, 6) is 0.0666. The van der Waals surface area contributed by atoms with Crippen LogP contribution in [0.1, 0.15) is 30.6 Å². The van der Waals surface area contributed by atoms with Gasteiger partial charge < -0.3 is 11.1 Å². The van der Waals surface area contributed by atoms with E-state index in [0.717, 1.165) is 30.5 Å². The van der Waals surface area contributed by atoms with Crippen LogP contribution in [-0.4, -0.2) is 36.5 Å². The average molecular weight is 360 g/mol. The fourth-order valence-electron chi connectivity index (χ4n) is 2.59. The van der Waals surface area contributed by atoms with Gasteiger partial charge in [0, 0.05) is 46.8 Å². The molecular weight excluding hydrogens is 338 g/mol. The van der Waals surface area contributed by atoms with Crippen molar-refractivity contribution in [1.29, 1.82) is 0 Å². The van der Waals surface area contributed by atoms with Crippen LogP contribution in [0.5, 0.6) is 0 Å². The summed E-state index contributed by atoms with van der Waals surface area (Å²) in [5.41, 5.74) is 5.40. The number of amides is 1. The van der Waals surface area contributed by atoms with Crippen LogP contribution < -0.4 is 11.1 Å². The van der Waals surface area contributed by atoms with Gasteiger partial charge in [-0.15, -0.1) is 11.3 Å². The summed E-state index contributed by atoms with van der Waals surface area (Å²) in [7, 11) is 0. The topological polar surface area (TPSA) is 58.4 Å². The first kappa shape index (κ1) is 15.9. The van der Waals surface area contributed by atoms with Crippen molar-refractivity contribution < 1.29 is 4.79 Å². The van der Waals surface area contributed by atoms with Crippen molar-refractivity contribution in [2.75, 3.05) is 19.6 Å². The van der Waals surface area contributed by atoms with E-state index in [1.54, 1.807) is 11.3 Å². The Hall–Kier alpha value is -0.430. The smallest absolute Gasteiger partial charge is 0.221 e. The van der Waals surface area contributed by atoms with E-state index in [-0.39, 0.29) is 5.91 Å². The minimum Gasteiger partial charge on any atom is -0.354 e. The summed E-state index contributed by atoms with van der Waals surface area (Å²) >= 11 is 5.29. The third-order valence-corrected chi connectivity index (χ3v) is 5.32. The van der Waals surface area contributed by atoms with Gasteiger partial charge in [0.05, 0.1) is 0 Å². The van der Waals surface area contributed by atoms with E-state index < -0.39 is 0 Å². The molecule has 1 saturated heterocycles. The molecule has 1 aliphatic rings. The molecule has 0 aromatic carbocycles. The average Bonchev–Trinajstić information content (AvgIpc) is 2.83. The Morgan fingerprint density at radius 1 is 1.55 bits per heavy atom. The van der Waals surface area contributed by atoms with Crippen LogP contribution in [-0.2, 0) is 11.3 Å². The molecule has 1 aromatic heterocycles. The molecule has 1 unspecified atom stereocenters. The Labute approximate surface area is 132 Å². The monoisotopic (exact) mass is 359 g/mol. The molecule has 6 heteroatoms. The van der Waals surface area contributed by atoms with Gasteiger partial charge in [-0.1, -0.05) is 6.42 Å². The van der Waals surface area contributed by atoms with E-state index in [2.05, 4.69) is 37.6 Å². The van der Waals surface area contributed by atoms with Gasteiger partial charge in [-0.2, -0.15) is 0 Å². The molecule has 20 heavy (non-hydrogen) atoms. The van der Waals surface area contributed by atoms with Crippen LogP contribution in [0.2, 0.25) is 0 Å². The first-order chi connectivity index (χ1) is 9.69. The maximum Gasteiger partial charge on any atom is 0.221 e. The zero-order valence-corrected chi connectivity index (χ0v) is 14.0. The van der Waals surface area contributed by atoms with E-state index in [1.165, 1.54) is 17.7 Å². The molecule has 0 spiro atoms. The molecule has 2 heterocycles. The molecule has 0 radical (unpaired) electrons. The molecule has 2 rings (SSSR count). The van der Waals surface area contributed by atoms with E-state index in [1.807, 2.05) is 0 Å². The van der Waals surface area contributed by atoms with E-state index in [0.29, 0.717) is 19.0 Å². The zero-order chi connectivity index (χ0) is 14.4. The molecule has 4 nitrogen and oxygen atoms in total. The first-order valence-corrected chi connectivity index (χ1v) is 8.80. The lowest BCUT2D eigenvalue weighted by atomic mass is 10.0. The molecule has 0 bridgehead atoms. The number of nitrogens with zero attached hydrogens (tertiary/aromatic N) is 1. The second kappa shape index (κ2) is 8.12. The van der Waals surface area contributed by atoms with E-state index in [4.69, 9.17) is 5.73 Å². The van der Waals surface area contributed by atoms with Gasteiger partial charge in [-0.05, 0) is 41.4 Å². The zero-order valence-electron chi connectivity index (χ0n) is 11.6. The largest absolute Gasteiger partial charge is 0.354 e. The fourth-order valence-corrected chi connectivity index (χ4v) is 4.06. The van der Waals surface area contributed by atoms with Crippen molar-refractivity contribution in [1.82, 2.24) is 10.2 Å². The van der Waals surface area contributed by atoms with E-state index >= 15 is 0 Å². The Balaban J connectivity index is 1.86. The standard InChI is InChI=1S/C14H22BrN3OS/c15-11-7-13(20-10-11)9-18-6-2-1-3-12(18)8-17-14(19)4-5-16/h7,10,12H,1-6,8-9,16H2,(H,17,19). The van der Waals surface area contributed by atoms with Crippen molar-refractivity contribution in [2.24, 2.45) is 5.73 Å². The van der Waals surface area contributed by atoms with Gasteiger partial charge >= 0.3 is 0 Å². The van der Waals surface area contributed by atoms with Gasteiger partial charge in [0.1, 0.15) is 0 Å². The number of hydrogen-bond acceptors (Lipinski definition) is 4. The predicted molar refractivity (Wildman–Crippen MR) is 86.7 cm³/mol. The number of hydrogen-bond donors (Lipinski definition) is 2. The highest BCUT2D eigenvalue weighted by Crippen LogP contribution is 2.24. The number of rotatable bonds is 6. The first-order valence-electron chi connectivity index (χ1n) is 7.13. The summed E-state index contributed by atoms with van der Waals surface area (Å²) in [4.78, 5) is 15.4. The predicted octanol–water partition coefficient (Wildman–Crippen LogP) is 2.33. The maximum atomic E-state index is 11.5. The minimum absolute atomic E-state index is 0.0666. The molecule has 1 amide bonds. The summed E-state index contributed by atoms with van der Waals surface area (Å²) in [6.07, 6.45) is 4.09. The summed E-state index contributed by atoms with van der Waals surface area (Å²) in [5, 5.41) is 5.13. The van der Waals surface area contributed by atoms with Crippen LogP contribution in [0, 0.1) is 0 Å². The molecule has 112 valence electrons.